The molecule has 2 aromatic rings. The molecule has 4 nitrogen and oxygen atoms in total. The lowest BCUT2D eigenvalue weighted by atomic mass is 10.1. The van der Waals surface area contributed by atoms with E-state index in [0.29, 0.717) is 6.47 Å². The Bertz CT molecular complexity index is 628. The summed E-state index contributed by atoms with van der Waals surface area (Å²) in [6.45, 7) is 2.55. The smallest absolute Gasteiger partial charge is 0.293 e. The molecule has 0 amide bonds. The zero-order valence-electron chi connectivity index (χ0n) is 9.76. The van der Waals surface area contributed by atoms with Crippen LogP contribution in [0.4, 0.5) is 0 Å². The molecule has 92 valence electrons. The highest BCUT2D eigenvalue weighted by Gasteiger charge is 2.15. The van der Waals surface area contributed by atoms with Crippen LogP contribution in [0.15, 0.2) is 24.4 Å². The monoisotopic (exact) mass is 354 g/mol. The van der Waals surface area contributed by atoms with Crippen LogP contribution in [-0.2, 0) is 16.1 Å². The predicted octanol–water partition coefficient (Wildman–Crippen LogP) is 3.00. The van der Waals surface area contributed by atoms with Crippen LogP contribution in [0.1, 0.15) is 18.6 Å². The molecule has 0 aliphatic heterocycles. The van der Waals surface area contributed by atoms with Gasteiger partial charge < -0.3 is 9.30 Å². The summed E-state index contributed by atoms with van der Waals surface area (Å²) in [5, 5.41) is 9.85. The van der Waals surface area contributed by atoms with Gasteiger partial charge in [-0.2, -0.15) is 5.26 Å². The molecular formula is C13H11IN2O2. The van der Waals surface area contributed by atoms with Gasteiger partial charge in [0.05, 0.1) is 11.6 Å². The van der Waals surface area contributed by atoms with Crippen molar-refractivity contribution in [1.29, 1.82) is 5.26 Å². The highest BCUT2D eigenvalue weighted by Crippen LogP contribution is 2.29. The van der Waals surface area contributed by atoms with Crippen LogP contribution < -0.4 is 0 Å². The number of benzene rings is 1. The van der Waals surface area contributed by atoms with Crippen LogP contribution in [0.3, 0.4) is 0 Å². The molecule has 1 unspecified atom stereocenters. The summed E-state index contributed by atoms with van der Waals surface area (Å²) in [6, 6.07) is 8.14. The Kier molecular flexibility index (Phi) is 3.87. The normalized spacial score (nSPS) is 12.1. The van der Waals surface area contributed by atoms with E-state index >= 15 is 0 Å². The van der Waals surface area contributed by atoms with E-state index in [2.05, 4.69) is 28.7 Å². The molecule has 0 radical (unpaired) electrons. The highest BCUT2D eigenvalue weighted by molar-refractivity contribution is 14.1. The Morgan fingerprint density at radius 1 is 1.61 bits per heavy atom. The number of nitriles is 1. The number of hydrogen-bond donors (Lipinski definition) is 0. The minimum Gasteiger partial charge on any atom is -0.460 e. The van der Waals surface area contributed by atoms with Crippen LogP contribution in [0.25, 0.3) is 10.9 Å². The average molecular weight is 354 g/mol. The van der Waals surface area contributed by atoms with Crippen molar-refractivity contribution in [2.75, 3.05) is 0 Å². The average Bonchev–Trinajstić information content (AvgIpc) is 2.69. The molecule has 1 heterocycles. The van der Waals surface area contributed by atoms with Gasteiger partial charge in [0, 0.05) is 20.7 Å². The van der Waals surface area contributed by atoms with Crippen molar-refractivity contribution in [1.82, 2.24) is 4.57 Å². The summed E-state index contributed by atoms with van der Waals surface area (Å²) in [4.78, 5) is 10.4. The highest BCUT2D eigenvalue weighted by atomic mass is 127. The molecule has 18 heavy (non-hydrogen) atoms. The molecule has 0 aliphatic carbocycles. The number of nitrogens with zero attached hydrogens (tertiary/aromatic N) is 2. The molecule has 1 atom stereocenters. The number of fused-ring (bicyclic) bond motifs is 1. The lowest BCUT2D eigenvalue weighted by Crippen LogP contribution is -1.97. The lowest BCUT2D eigenvalue weighted by Gasteiger charge is -2.07. The van der Waals surface area contributed by atoms with Crippen molar-refractivity contribution < 1.29 is 9.53 Å². The summed E-state index contributed by atoms with van der Waals surface area (Å²) >= 11 is 2.23. The maximum atomic E-state index is 10.4. The van der Waals surface area contributed by atoms with Gasteiger partial charge in [-0.3, -0.25) is 4.79 Å². The van der Waals surface area contributed by atoms with Crippen LogP contribution in [0.5, 0.6) is 0 Å². The minimum atomic E-state index is -0.315. The van der Waals surface area contributed by atoms with E-state index in [4.69, 9.17) is 10.00 Å². The molecule has 0 saturated carbocycles. The molecule has 0 N–H and O–H groups in total. The van der Waals surface area contributed by atoms with Crippen LogP contribution >= 0.6 is 22.6 Å². The third kappa shape index (κ3) is 2.34. The Balaban J connectivity index is 2.61. The van der Waals surface area contributed by atoms with Crippen molar-refractivity contribution in [2.24, 2.45) is 0 Å². The largest absolute Gasteiger partial charge is 0.460 e. The number of carbonyl (C=O) groups excluding carboxylic acids is 1. The maximum absolute atomic E-state index is 10.4. The fraction of sp³-hybridized carbons (Fsp3) is 0.231. The summed E-state index contributed by atoms with van der Waals surface area (Å²) in [6.07, 6.45) is 1.56. The zero-order valence-corrected chi connectivity index (χ0v) is 11.9. The molecule has 0 bridgehead atoms. The van der Waals surface area contributed by atoms with Crippen molar-refractivity contribution in [3.63, 3.8) is 0 Å². The standard InChI is InChI=1S/C13H11IN2O2/c1-9(18-8-17)12-7-16(5-4-15)13-6-10(14)2-3-11(12)13/h2-3,6-9H,5H2,1H3. The number of rotatable bonds is 4. The first kappa shape index (κ1) is 12.9. The zero-order chi connectivity index (χ0) is 13.1. The van der Waals surface area contributed by atoms with Gasteiger partial charge in [-0.05, 0) is 41.6 Å². The molecule has 1 aromatic heterocycles. The molecule has 0 aliphatic rings. The van der Waals surface area contributed by atoms with Crippen molar-refractivity contribution in [2.45, 2.75) is 19.6 Å². The van der Waals surface area contributed by atoms with Crippen molar-refractivity contribution >= 4 is 40.0 Å². The van der Waals surface area contributed by atoms with Gasteiger partial charge in [-0.15, -0.1) is 0 Å². The van der Waals surface area contributed by atoms with E-state index in [1.807, 2.05) is 35.9 Å². The first-order chi connectivity index (χ1) is 8.67. The first-order valence-electron chi connectivity index (χ1n) is 5.41. The van der Waals surface area contributed by atoms with Crippen LogP contribution in [0, 0.1) is 14.9 Å². The first-order valence-corrected chi connectivity index (χ1v) is 6.49. The lowest BCUT2D eigenvalue weighted by molar-refractivity contribution is -0.133. The predicted molar refractivity (Wildman–Crippen MR) is 75.8 cm³/mol. The molecule has 0 spiro atoms. The molecular weight excluding hydrogens is 343 g/mol. The van der Waals surface area contributed by atoms with Gasteiger partial charge in [0.2, 0.25) is 0 Å². The second kappa shape index (κ2) is 5.40. The summed E-state index contributed by atoms with van der Waals surface area (Å²) in [5.41, 5.74) is 1.91. The molecule has 1 aromatic carbocycles. The fourth-order valence-electron chi connectivity index (χ4n) is 1.98. The topological polar surface area (TPSA) is 55.0 Å². The quantitative estimate of drug-likeness (QED) is 0.627. The van der Waals surface area contributed by atoms with Gasteiger partial charge in [0.1, 0.15) is 12.6 Å². The van der Waals surface area contributed by atoms with Crippen molar-refractivity contribution in [3.8, 4) is 6.07 Å². The Morgan fingerprint density at radius 2 is 2.39 bits per heavy atom. The Hall–Kier alpha value is -1.55. The van der Waals surface area contributed by atoms with Crippen LogP contribution in [-0.4, -0.2) is 11.0 Å². The summed E-state index contributed by atoms with van der Waals surface area (Å²) in [7, 11) is 0. The number of ether oxygens (including phenoxy) is 1. The Morgan fingerprint density at radius 3 is 3.06 bits per heavy atom. The summed E-state index contributed by atoms with van der Waals surface area (Å²) in [5.74, 6) is 0. The number of aromatic nitrogens is 1. The van der Waals surface area contributed by atoms with E-state index in [1.165, 1.54) is 0 Å². The molecule has 0 saturated heterocycles. The number of halogens is 1. The SMILES string of the molecule is CC(OC=O)c1cn(CC#N)c2cc(I)ccc12. The van der Waals surface area contributed by atoms with Gasteiger partial charge in [-0.25, -0.2) is 0 Å². The van der Waals surface area contributed by atoms with Gasteiger partial charge in [0.15, 0.2) is 0 Å². The van der Waals surface area contributed by atoms with Gasteiger partial charge in [-0.1, -0.05) is 6.07 Å². The molecule has 0 fully saturated rings. The van der Waals surface area contributed by atoms with Crippen LogP contribution in [0.2, 0.25) is 0 Å². The third-order valence-corrected chi connectivity index (χ3v) is 3.48. The minimum absolute atomic E-state index is 0.282. The van der Waals surface area contributed by atoms with E-state index < -0.39 is 0 Å². The van der Waals surface area contributed by atoms with E-state index in [9.17, 15) is 4.79 Å². The van der Waals surface area contributed by atoms with Crippen molar-refractivity contribution in [3.05, 3.63) is 33.5 Å². The number of hydrogen-bond acceptors (Lipinski definition) is 3. The van der Waals surface area contributed by atoms with E-state index in [0.717, 1.165) is 20.0 Å². The second-order valence-electron chi connectivity index (χ2n) is 3.91. The Labute approximate surface area is 118 Å². The van der Waals surface area contributed by atoms with E-state index in [1.54, 1.807) is 0 Å². The van der Waals surface area contributed by atoms with Gasteiger partial charge >= 0.3 is 0 Å². The van der Waals surface area contributed by atoms with E-state index in [-0.39, 0.29) is 12.6 Å². The molecule has 2 rings (SSSR count). The van der Waals surface area contributed by atoms with Gasteiger partial charge in [0.25, 0.3) is 6.47 Å². The fourth-order valence-corrected chi connectivity index (χ4v) is 2.46. The second-order valence-corrected chi connectivity index (χ2v) is 5.15. The molecule has 5 heteroatoms. The summed E-state index contributed by atoms with van der Waals surface area (Å²) < 4.78 is 7.96. The number of carbonyl (C=O) groups is 1. The third-order valence-electron chi connectivity index (χ3n) is 2.81. The maximum Gasteiger partial charge on any atom is 0.293 e.